The lowest BCUT2D eigenvalue weighted by atomic mass is 10.1. The molecule has 152 valence electrons. The highest BCUT2D eigenvalue weighted by atomic mass is 79.9. The van der Waals surface area contributed by atoms with E-state index in [1.807, 2.05) is 43.3 Å². The molecule has 6 nitrogen and oxygen atoms in total. The van der Waals surface area contributed by atoms with Gasteiger partial charge in [0.1, 0.15) is 5.75 Å². The molecule has 0 saturated heterocycles. The third-order valence-electron chi connectivity index (χ3n) is 3.82. The van der Waals surface area contributed by atoms with Gasteiger partial charge in [-0.05, 0) is 70.8 Å². The molecule has 3 N–H and O–H groups in total. The minimum Gasteiger partial charge on any atom is -0.483 e. The Morgan fingerprint density at radius 2 is 1.86 bits per heavy atom. The fourth-order valence-corrected chi connectivity index (χ4v) is 2.91. The van der Waals surface area contributed by atoms with Gasteiger partial charge in [0.15, 0.2) is 11.7 Å². The number of amides is 2. The summed E-state index contributed by atoms with van der Waals surface area (Å²) in [6.07, 6.45) is 3.94. The molecule has 0 spiro atoms. The van der Waals surface area contributed by atoms with Gasteiger partial charge in [0.2, 0.25) is 5.91 Å². The van der Waals surface area contributed by atoms with Crippen LogP contribution in [0.15, 0.2) is 53.0 Å². The summed E-state index contributed by atoms with van der Waals surface area (Å²) < 4.78 is 6.25. The van der Waals surface area contributed by atoms with E-state index in [1.54, 1.807) is 12.1 Å². The van der Waals surface area contributed by atoms with E-state index in [-0.39, 0.29) is 11.7 Å². The van der Waals surface area contributed by atoms with Crippen molar-refractivity contribution in [2.24, 2.45) is 0 Å². The monoisotopic (exact) mass is 475 g/mol. The Balaban J connectivity index is 1.71. The predicted molar refractivity (Wildman–Crippen MR) is 121 cm³/mol. The minimum absolute atomic E-state index is 0.0228. The second kappa shape index (κ2) is 11.3. The van der Waals surface area contributed by atoms with Gasteiger partial charge in [-0.25, -0.2) is 0 Å². The Morgan fingerprint density at radius 3 is 2.52 bits per heavy atom. The summed E-state index contributed by atoms with van der Waals surface area (Å²) in [5, 5.41) is 2.42. The normalized spacial score (nSPS) is 10.4. The zero-order valence-corrected chi connectivity index (χ0v) is 18.5. The van der Waals surface area contributed by atoms with Crippen LogP contribution in [0.5, 0.6) is 5.75 Å². The fourth-order valence-electron chi connectivity index (χ4n) is 2.22. The first kappa shape index (κ1) is 22.6. The number of carbonyl (C=O) groups excluding carboxylic acids is 2. The van der Waals surface area contributed by atoms with Crippen molar-refractivity contribution in [2.75, 3.05) is 6.61 Å². The first-order valence-corrected chi connectivity index (χ1v) is 10.1. The molecule has 0 unspecified atom stereocenters. The highest BCUT2D eigenvalue weighted by Gasteiger charge is 2.07. The average molecular weight is 476 g/mol. The van der Waals surface area contributed by atoms with Gasteiger partial charge in [-0.3, -0.25) is 25.8 Å². The number of hydrogen-bond acceptors (Lipinski definition) is 4. The number of aryl methyl sites for hydroxylation is 2. The number of hydrogen-bond donors (Lipinski definition) is 3. The topological polar surface area (TPSA) is 79.5 Å². The summed E-state index contributed by atoms with van der Waals surface area (Å²) in [7, 11) is 0. The van der Waals surface area contributed by atoms with Gasteiger partial charge in [0, 0.05) is 6.08 Å². The highest BCUT2D eigenvalue weighted by molar-refractivity contribution is 9.10. The average Bonchev–Trinajstić information content (AvgIpc) is 2.70. The number of rotatable bonds is 6. The zero-order valence-electron chi connectivity index (χ0n) is 16.1. The van der Waals surface area contributed by atoms with Crippen molar-refractivity contribution in [1.29, 1.82) is 0 Å². The van der Waals surface area contributed by atoms with Crippen LogP contribution in [-0.2, 0) is 16.0 Å². The third kappa shape index (κ3) is 8.05. The maximum absolute atomic E-state index is 11.9. The summed E-state index contributed by atoms with van der Waals surface area (Å²) in [5.74, 6) is -0.286. The van der Waals surface area contributed by atoms with Crippen molar-refractivity contribution in [3.8, 4) is 5.75 Å². The number of hydrazine groups is 1. The van der Waals surface area contributed by atoms with E-state index in [4.69, 9.17) is 17.0 Å². The van der Waals surface area contributed by atoms with Crippen LogP contribution >= 0.6 is 28.1 Å². The standard InChI is InChI=1S/C21H22BrN3O3S/c1-3-15-8-10-18(17(22)12-15)28-13-20(27)24-25-21(29)23-19(26)11-9-16-6-4-14(2)5-7-16/h4-12H,3,13H2,1-2H3,(H,24,27)(H2,23,25,26,29)/b11-9+. The second-order valence-electron chi connectivity index (χ2n) is 6.14. The van der Waals surface area contributed by atoms with Crippen molar-refractivity contribution in [1.82, 2.24) is 16.2 Å². The third-order valence-corrected chi connectivity index (χ3v) is 4.64. The number of halogens is 1. The van der Waals surface area contributed by atoms with Crippen LogP contribution < -0.4 is 20.9 Å². The van der Waals surface area contributed by atoms with Crippen molar-refractivity contribution < 1.29 is 14.3 Å². The van der Waals surface area contributed by atoms with Gasteiger partial charge in [-0.2, -0.15) is 0 Å². The molecule has 0 aliphatic rings. The smallest absolute Gasteiger partial charge is 0.276 e. The first-order valence-electron chi connectivity index (χ1n) is 8.93. The van der Waals surface area contributed by atoms with Crippen molar-refractivity contribution in [3.05, 3.63) is 69.7 Å². The Morgan fingerprint density at radius 1 is 1.14 bits per heavy atom. The van der Waals surface area contributed by atoms with Crippen LogP contribution in [0.2, 0.25) is 0 Å². The van der Waals surface area contributed by atoms with Crippen LogP contribution in [0.3, 0.4) is 0 Å². The van der Waals surface area contributed by atoms with E-state index in [2.05, 4.69) is 39.0 Å². The van der Waals surface area contributed by atoms with Crippen LogP contribution in [0.25, 0.3) is 6.08 Å². The molecule has 2 rings (SSSR count). The highest BCUT2D eigenvalue weighted by Crippen LogP contribution is 2.26. The number of carbonyl (C=O) groups is 2. The van der Waals surface area contributed by atoms with E-state index in [0.717, 1.165) is 27.6 Å². The molecular weight excluding hydrogens is 454 g/mol. The van der Waals surface area contributed by atoms with Crippen molar-refractivity contribution >= 4 is 51.2 Å². The molecule has 0 atom stereocenters. The Bertz CT molecular complexity index is 914. The first-order chi connectivity index (χ1) is 13.9. The molecule has 2 aromatic carbocycles. The molecule has 2 amide bonds. The Labute approximate surface area is 183 Å². The molecular formula is C21H22BrN3O3S. The van der Waals surface area contributed by atoms with Gasteiger partial charge >= 0.3 is 0 Å². The molecule has 29 heavy (non-hydrogen) atoms. The van der Waals surface area contributed by atoms with Crippen molar-refractivity contribution in [2.45, 2.75) is 20.3 Å². The fraction of sp³-hybridized carbons (Fsp3) is 0.190. The maximum Gasteiger partial charge on any atom is 0.276 e. The summed E-state index contributed by atoms with van der Waals surface area (Å²) in [5.41, 5.74) is 8.03. The maximum atomic E-state index is 11.9. The molecule has 8 heteroatoms. The lowest BCUT2D eigenvalue weighted by Gasteiger charge is -2.11. The van der Waals surface area contributed by atoms with Crippen molar-refractivity contribution in [3.63, 3.8) is 0 Å². The number of benzene rings is 2. The lowest BCUT2D eigenvalue weighted by molar-refractivity contribution is -0.123. The SMILES string of the molecule is CCc1ccc(OCC(=O)NNC(=S)NC(=O)/C=C/c2ccc(C)cc2)c(Br)c1. The van der Waals surface area contributed by atoms with Gasteiger partial charge in [0.05, 0.1) is 4.47 Å². The van der Waals surface area contributed by atoms with Crippen LogP contribution in [0.4, 0.5) is 0 Å². The summed E-state index contributed by atoms with van der Waals surface area (Å²) in [4.78, 5) is 23.7. The quantitative estimate of drug-likeness (QED) is 0.338. The molecule has 0 aromatic heterocycles. The molecule has 0 radical (unpaired) electrons. The van der Waals surface area contributed by atoms with Crippen LogP contribution in [0, 0.1) is 6.92 Å². The van der Waals surface area contributed by atoms with Gasteiger partial charge < -0.3 is 4.74 Å². The minimum atomic E-state index is -0.441. The number of thiocarbonyl (C=S) groups is 1. The van der Waals surface area contributed by atoms with Crippen LogP contribution in [-0.4, -0.2) is 23.5 Å². The molecule has 0 saturated carbocycles. The lowest BCUT2D eigenvalue weighted by Crippen LogP contribution is -2.49. The van der Waals surface area contributed by atoms with Gasteiger partial charge in [-0.15, -0.1) is 0 Å². The predicted octanol–water partition coefficient (Wildman–Crippen LogP) is 3.43. The summed E-state index contributed by atoms with van der Waals surface area (Å²) in [6, 6.07) is 13.4. The molecule has 0 bridgehead atoms. The molecule has 2 aromatic rings. The zero-order chi connectivity index (χ0) is 21.2. The summed E-state index contributed by atoms with van der Waals surface area (Å²) >= 11 is 8.40. The summed E-state index contributed by atoms with van der Waals surface area (Å²) in [6.45, 7) is 3.84. The number of ether oxygens (including phenoxy) is 1. The Hall–Kier alpha value is -2.71. The Kier molecular flexibility index (Phi) is 8.82. The van der Waals surface area contributed by atoms with Crippen LogP contribution in [0.1, 0.15) is 23.6 Å². The van der Waals surface area contributed by atoms with Gasteiger partial charge in [-0.1, -0.05) is 42.8 Å². The van der Waals surface area contributed by atoms with E-state index < -0.39 is 11.8 Å². The largest absolute Gasteiger partial charge is 0.483 e. The molecule has 0 fully saturated rings. The van der Waals surface area contributed by atoms with Gasteiger partial charge in [0.25, 0.3) is 5.91 Å². The second-order valence-corrected chi connectivity index (χ2v) is 7.41. The molecule has 0 aliphatic heterocycles. The molecule has 0 heterocycles. The van der Waals surface area contributed by atoms with E-state index in [0.29, 0.717) is 5.75 Å². The molecule has 0 aliphatic carbocycles. The van der Waals surface area contributed by atoms with E-state index >= 15 is 0 Å². The van der Waals surface area contributed by atoms with E-state index in [1.165, 1.54) is 6.08 Å². The van der Waals surface area contributed by atoms with E-state index in [9.17, 15) is 9.59 Å². The number of nitrogens with one attached hydrogen (secondary N) is 3.